The fourth-order valence-corrected chi connectivity index (χ4v) is 2.83. The average Bonchev–Trinajstić information content (AvgIpc) is 2.38. The SMILES string of the molecule is CCC(CSC)Nc1cc(C)nc2ccccc12. The van der Waals surface area contributed by atoms with Gasteiger partial charge in [-0.25, -0.2) is 0 Å². The van der Waals surface area contributed by atoms with Gasteiger partial charge in [0.2, 0.25) is 0 Å². The Labute approximate surface area is 113 Å². The number of hydrogen-bond acceptors (Lipinski definition) is 3. The summed E-state index contributed by atoms with van der Waals surface area (Å²) < 4.78 is 0. The van der Waals surface area contributed by atoms with E-state index in [1.54, 1.807) is 0 Å². The highest BCUT2D eigenvalue weighted by Crippen LogP contribution is 2.24. The molecule has 0 aliphatic rings. The number of aromatic nitrogens is 1. The summed E-state index contributed by atoms with van der Waals surface area (Å²) in [5.41, 5.74) is 3.34. The van der Waals surface area contributed by atoms with Crippen molar-refractivity contribution in [1.82, 2.24) is 4.98 Å². The number of fused-ring (bicyclic) bond motifs is 1. The maximum absolute atomic E-state index is 4.57. The standard InChI is InChI=1S/C15H20N2S/c1-4-12(10-18-3)17-15-9-11(2)16-14-8-6-5-7-13(14)15/h5-9,12H,4,10H2,1-3H3,(H,16,17). The predicted molar refractivity (Wildman–Crippen MR) is 82.6 cm³/mol. The molecule has 0 aliphatic heterocycles. The van der Waals surface area contributed by atoms with Crippen LogP contribution in [0.2, 0.25) is 0 Å². The van der Waals surface area contributed by atoms with Crippen molar-refractivity contribution >= 4 is 28.4 Å². The monoisotopic (exact) mass is 260 g/mol. The second-order valence-corrected chi connectivity index (χ2v) is 5.44. The third-order valence-corrected chi connectivity index (χ3v) is 3.80. The summed E-state index contributed by atoms with van der Waals surface area (Å²) in [5.74, 6) is 1.13. The highest BCUT2D eigenvalue weighted by molar-refractivity contribution is 7.98. The van der Waals surface area contributed by atoms with Crippen molar-refractivity contribution < 1.29 is 0 Å². The third kappa shape index (κ3) is 2.96. The van der Waals surface area contributed by atoms with E-state index in [0.717, 1.165) is 23.4 Å². The Morgan fingerprint density at radius 1 is 1.33 bits per heavy atom. The molecule has 0 spiro atoms. The van der Waals surface area contributed by atoms with Crippen molar-refractivity contribution in [3.05, 3.63) is 36.0 Å². The van der Waals surface area contributed by atoms with Gasteiger partial charge in [-0.3, -0.25) is 4.98 Å². The third-order valence-electron chi connectivity index (χ3n) is 3.06. The van der Waals surface area contributed by atoms with Crippen LogP contribution in [-0.4, -0.2) is 23.0 Å². The molecule has 1 heterocycles. The lowest BCUT2D eigenvalue weighted by atomic mass is 10.1. The van der Waals surface area contributed by atoms with E-state index in [1.807, 2.05) is 24.8 Å². The first-order chi connectivity index (χ1) is 8.74. The molecular weight excluding hydrogens is 240 g/mol. The van der Waals surface area contributed by atoms with Crippen LogP contribution in [0.15, 0.2) is 30.3 Å². The molecule has 1 atom stereocenters. The Bertz CT molecular complexity index is 525. The van der Waals surface area contributed by atoms with Gasteiger partial charge in [0.25, 0.3) is 0 Å². The van der Waals surface area contributed by atoms with Gasteiger partial charge in [-0.2, -0.15) is 11.8 Å². The van der Waals surface area contributed by atoms with Crippen LogP contribution >= 0.6 is 11.8 Å². The number of aryl methyl sites for hydroxylation is 1. The lowest BCUT2D eigenvalue weighted by Crippen LogP contribution is -2.21. The summed E-state index contributed by atoms with van der Waals surface area (Å²) in [4.78, 5) is 4.57. The largest absolute Gasteiger partial charge is 0.381 e. The second-order valence-electron chi connectivity index (χ2n) is 4.53. The number of pyridine rings is 1. The molecule has 2 rings (SSSR count). The molecule has 1 N–H and O–H groups in total. The van der Waals surface area contributed by atoms with Crippen molar-refractivity contribution in [1.29, 1.82) is 0 Å². The Kier molecular flexibility index (Phi) is 4.48. The number of hydrogen-bond donors (Lipinski definition) is 1. The highest BCUT2D eigenvalue weighted by Gasteiger charge is 2.08. The van der Waals surface area contributed by atoms with E-state index in [1.165, 1.54) is 11.1 Å². The molecule has 0 radical (unpaired) electrons. The van der Waals surface area contributed by atoms with E-state index in [9.17, 15) is 0 Å². The van der Waals surface area contributed by atoms with Gasteiger partial charge in [-0.1, -0.05) is 25.1 Å². The molecule has 0 amide bonds. The molecule has 2 nitrogen and oxygen atoms in total. The Morgan fingerprint density at radius 3 is 2.83 bits per heavy atom. The number of para-hydroxylation sites is 1. The van der Waals surface area contributed by atoms with E-state index >= 15 is 0 Å². The van der Waals surface area contributed by atoms with Gasteiger partial charge in [0, 0.05) is 28.6 Å². The van der Waals surface area contributed by atoms with Gasteiger partial charge in [0.05, 0.1) is 5.52 Å². The van der Waals surface area contributed by atoms with Crippen LogP contribution in [0.3, 0.4) is 0 Å². The topological polar surface area (TPSA) is 24.9 Å². The van der Waals surface area contributed by atoms with Gasteiger partial charge in [-0.15, -0.1) is 0 Å². The van der Waals surface area contributed by atoms with Crippen molar-refractivity contribution in [3.8, 4) is 0 Å². The fraction of sp³-hybridized carbons (Fsp3) is 0.400. The molecule has 0 aliphatic carbocycles. The number of thioether (sulfide) groups is 1. The first-order valence-corrected chi connectivity index (χ1v) is 7.75. The maximum atomic E-state index is 4.57. The molecule has 0 fully saturated rings. The fourth-order valence-electron chi connectivity index (χ4n) is 2.11. The summed E-state index contributed by atoms with van der Waals surface area (Å²) in [6.07, 6.45) is 3.29. The summed E-state index contributed by atoms with van der Waals surface area (Å²) in [5, 5.41) is 4.86. The van der Waals surface area contributed by atoms with Crippen LogP contribution in [0.4, 0.5) is 5.69 Å². The van der Waals surface area contributed by atoms with Crippen molar-refractivity contribution in [2.75, 3.05) is 17.3 Å². The Hall–Kier alpha value is -1.22. The number of rotatable bonds is 5. The van der Waals surface area contributed by atoms with Crippen molar-refractivity contribution in [2.45, 2.75) is 26.3 Å². The molecule has 1 aromatic heterocycles. The lowest BCUT2D eigenvalue weighted by Gasteiger charge is -2.19. The molecular formula is C15H20N2S. The maximum Gasteiger partial charge on any atom is 0.0725 e. The van der Waals surface area contributed by atoms with Gasteiger partial charge < -0.3 is 5.32 Å². The molecule has 18 heavy (non-hydrogen) atoms. The molecule has 0 bridgehead atoms. The van der Waals surface area contributed by atoms with Gasteiger partial charge in [0.1, 0.15) is 0 Å². The van der Waals surface area contributed by atoms with Crippen LogP contribution in [-0.2, 0) is 0 Å². The number of anilines is 1. The minimum absolute atomic E-state index is 0.519. The van der Waals surface area contributed by atoms with Crippen molar-refractivity contribution in [3.63, 3.8) is 0 Å². The van der Waals surface area contributed by atoms with Gasteiger partial charge in [-0.05, 0) is 31.7 Å². The summed E-state index contributed by atoms with van der Waals surface area (Å²) in [6.45, 7) is 4.28. The molecule has 96 valence electrons. The zero-order valence-corrected chi connectivity index (χ0v) is 12.1. The molecule has 1 unspecified atom stereocenters. The van der Waals surface area contributed by atoms with Crippen LogP contribution in [0.1, 0.15) is 19.0 Å². The minimum Gasteiger partial charge on any atom is -0.381 e. The van der Waals surface area contributed by atoms with Gasteiger partial charge in [0.15, 0.2) is 0 Å². The molecule has 0 saturated heterocycles. The number of nitrogens with one attached hydrogen (secondary N) is 1. The first-order valence-electron chi connectivity index (χ1n) is 6.36. The van der Waals surface area contributed by atoms with E-state index < -0.39 is 0 Å². The second kappa shape index (κ2) is 6.10. The van der Waals surface area contributed by atoms with E-state index in [-0.39, 0.29) is 0 Å². The molecule has 0 saturated carbocycles. The Morgan fingerprint density at radius 2 is 2.11 bits per heavy atom. The Balaban J connectivity index is 2.37. The number of nitrogens with zero attached hydrogens (tertiary/aromatic N) is 1. The van der Waals surface area contributed by atoms with E-state index in [4.69, 9.17) is 0 Å². The molecule has 2 aromatic rings. The zero-order chi connectivity index (χ0) is 13.0. The lowest BCUT2D eigenvalue weighted by molar-refractivity contribution is 0.776. The normalized spacial score (nSPS) is 12.6. The summed E-state index contributed by atoms with van der Waals surface area (Å²) in [7, 11) is 0. The summed E-state index contributed by atoms with van der Waals surface area (Å²) >= 11 is 1.89. The smallest absolute Gasteiger partial charge is 0.0725 e. The van der Waals surface area contributed by atoms with E-state index in [0.29, 0.717) is 6.04 Å². The van der Waals surface area contributed by atoms with Crippen LogP contribution in [0, 0.1) is 6.92 Å². The molecule has 1 aromatic carbocycles. The average molecular weight is 260 g/mol. The highest BCUT2D eigenvalue weighted by atomic mass is 32.2. The van der Waals surface area contributed by atoms with Crippen LogP contribution < -0.4 is 5.32 Å². The van der Waals surface area contributed by atoms with E-state index in [2.05, 4.69) is 47.7 Å². The van der Waals surface area contributed by atoms with Crippen LogP contribution in [0.5, 0.6) is 0 Å². The first kappa shape index (κ1) is 13.2. The quantitative estimate of drug-likeness (QED) is 0.876. The van der Waals surface area contributed by atoms with Crippen LogP contribution in [0.25, 0.3) is 10.9 Å². The predicted octanol–water partition coefficient (Wildman–Crippen LogP) is 4.10. The molecule has 3 heteroatoms. The summed E-state index contributed by atoms with van der Waals surface area (Å²) in [6, 6.07) is 11.0. The van der Waals surface area contributed by atoms with Gasteiger partial charge >= 0.3 is 0 Å². The van der Waals surface area contributed by atoms with Crippen molar-refractivity contribution in [2.24, 2.45) is 0 Å². The minimum atomic E-state index is 0.519. The number of benzene rings is 1. The zero-order valence-electron chi connectivity index (χ0n) is 11.2.